The van der Waals surface area contributed by atoms with Gasteiger partial charge in [0, 0.05) is 29.1 Å². The van der Waals surface area contributed by atoms with Crippen molar-refractivity contribution < 1.29 is 0 Å². The molecule has 2 aromatic heterocycles. The van der Waals surface area contributed by atoms with Gasteiger partial charge in [-0.1, -0.05) is 60.7 Å². The first-order chi connectivity index (χ1) is 11.9. The van der Waals surface area contributed by atoms with Crippen molar-refractivity contribution in [1.29, 1.82) is 0 Å². The summed E-state index contributed by atoms with van der Waals surface area (Å²) in [6, 6.07) is 26.1. The minimum Gasteiger partial charge on any atom is -0.264 e. The van der Waals surface area contributed by atoms with E-state index in [0.29, 0.717) is 0 Å². The number of rotatable bonds is 3. The average Bonchev–Trinajstić information content (AvgIpc) is 2.70. The molecule has 0 aliphatic carbocycles. The summed E-state index contributed by atoms with van der Waals surface area (Å²) in [5.74, 6) is 0.718. The van der Waals surface area contributed by atoms with Gasteiger partial charge in [-0.2, -0.15) is 0 Å². The molecule has 3 nitrogen and oxygen atoms in total. The van der Waals surface area contributed by atoms with Gasteiger partial charge in [-0.3, -0.25) is 4.98 Å². The molecule has 4 rings (SSSR count). The summed E-state index contributed by atoms with van der Waals surface area (Å²) in [5.41, 5.74) is 4.83. The highest BCUT2D eigenvalue weighted by atomic mass is 14.9. The van der Waals surface area contributed by atoms with E-state index >= 15 is 0 Å². The fourth-order valence-corrected chi connectivity index (χ4v) is 2.58. The van der Waals surface area contributed by atoms with Gasteiger partial charge in [-0.05, 0) is 18.2 Å². The topological polar surface area (TPSA) is 38.7 Å². The Morgan fingerprint density at radius 2 is 1.12 bits per heavy atom. The summed E-state index contributed by atoms with van der Waals surface area (Å²) in [6.45, 7) is 0. The van der Waals surface area contributed by atoms with E-state index in [1.54, 1.807) is 6.20 Å². The molecule has 3 heteroatoms. The molecule has 0 atom stereocenters. The number of pyridine rings is 1. The van der Waals surface area contributed by atoms with Crippen LogP contribution in [0.2, 0.25) is 0 Å². The second-order valence-electron chi connectivity index (χ2n) is 5.44. The van der Waals surface area contributed by atoms with Crippen molar-refractivity contribution in [2.45, 2.75) is 0 Å². The Balaban J connectivity index is 1.92. The Morgan fingerprint density at radius 3 is 1.75 bits per heavy atom. The van der Waals surface area contributed by atoms with Crippen LogP contribution in [-0.4, -0.2) is 15.0 Å². The van der Waals surface area contributed by atoms with Crippen molar-refractivity contribution in [2.75, 3.05) is 0 Å². The lowest BCUT2D eigenvalue weighted by Gasteiger charge is -2.09. The molecule has 2 heterocycles. The van der Waals surface area contributed by atoms with E-state index in [1.165, 1.54) is 0 Å². The minimum atomic E-state index is 0.718. The van der Waals surface area contributed by atoms with Gasteiger partial charge in [-0.25, -0.2) is 9.97 Å². The van der Waals surface area contributed by atoms with Gasteiger partial charge in [-0.15, -0.1) is 0 Å². The van der Waals surface area contributed by atoms with Crippen molar-refractivity contribution in [1.82, 2.24) is 15.0 Å². The zero-order valence-electron chi connectivity index (χ0n) is 13.0. The number of nitrogens with zero attached hydrogens (tertiary/aromatic N) is 3. The van der Waals surface area contributed by atoms with Crippen LogP contribution >= 0.6 is 0 Å². The molecule has 0 fully saturated rings. The van der Waals surface area contributed by atoms with Crippen molar-refractivity contribution in [3.05, 3.63) is 91.3 Å². The average molecular weight is 309 g/mol. The van der Waals surface area contributed by atoms with Gasteiger partial charge in [0.15, 0.2) is 5.82 Å². The van der Waals surface area contributed by atoms with Crippen LogP contribution in [0.25, 0.3) is 33.9 Å². The maximum Gasteiger partial charge on any atom is 0.160 e. The highest BCUT2D eigenvalue weighted by molar-refractivity contribution is 5.71. The molecule has 114 valence electrons. The van der Waals surface area contributed by atoms with Gasteiger partial charge < -0.3 is 0 Å². The summed E-state index contributed by atoms with van der Waals surface area (Å²) in [7, 11) is 0. The number of hydrogen-bond acceptors (Lipinski definition) is 3. The van der Waals surface area contributed by atoms with Gasteiger partial charge >= 0.3 is 0 Å². The van der Waals surface area contributed by atoms with Crippen molar-refractivity contribution in [3.63, 3.8) is 0 Å². The van der Waals surface area contributed by atoms with Crippen LogP contribution in [0, 0.1) is 0 Å². The van der Waals surface area contributed by atoms with Crippen LogP contribution in [0.15, 0.2) is 91.3 Å². The Labute approximate surface area is 140 Å². The van der Waals surface area contributed by atoms with E-state index in [0.717, 1.165) is 33.9 Å². The molecular formula is C21H15N3. The van der Waals surface area contributed by atoms with Gasteiger partial charge in [0.2, 0.25) is 0 Å². The highest BCUT2D eigenvalue weighted by Gasteiger charge is 2.10. The molecule has 0 N–H and O–H groups in total. The van der Waals surface area contributed by atoms with Gasteiger partial charge in [0.1, 0.15) is 0 Å². The molecule has 0 saturated carbocycles. The first-order valence-corrected chi connectivity index (χ1v) is 7.80. The third kappa shape index (κ3) is 2.92. The van der Waals surface area contributed by atoms with Crippen LogP contribution < -0.4 is 0 Å². The first kappa shape index (κ1) is 14.3. The van der Waals surface area contributed by atoms with Crippen LogP contribution in [0.4, 0.5) is 0 Å². The first-order valence-electron chi connectivity index (χ1n) is 7.80. The summed E-state index contributed by atoms with van der Waals surface area (Å²) in [6.07, 6.45) is 3.59. The number of hydrogen-bond donors (Lipinski definition) is 0. The maximum absolute atomic E-state index is 4.77. The molecule has 0 saturated heterocycles. The van der Waals surface area contributed by atoms with E-state index in [1.807, 2.05) is 72.9 Å². The monoisotopic (exact) mass is 309 g/mol. The van der Waals surface area contributed by atoms with E-state index < -0.39 is 0 Å². The molecule has 0 amide bonds. The van der Waals surface area contributed by atoms with E-state index in [2.05, 4.69) is 17.1 Å². The molecule has 4 aromatic rings. The predicted molar refractivity (Wildman–Crippen MR) is 96.1 cm³/mol. The maximum atomic E-state index is 4.77. The molecule has 0 aliphatic heterocycles. The largest absolute Gasteiger partial charge is 0.264 e. The molecule has 2 aromatic carbocycles. The van der Waals surface area contributed by atoms with Gasteiger partial charge in [0.25, 0.3) is 0 Å². The molecule has 0 bridgehead atoms. The second-order valence-corrected chi connectivity index (χ2v) is 5.44. The normalized spacial score (nSPS) is 10.5. The standard InChI is InChI=1S/C21H15N3/c1-3-8-16(9-4-1)19-14-20(18-12-7-13-22-15-18)24-21(23-19)17-10-5-2-6-11-17/h1-15H. The van der Waals surface area contributed by atoms with Crippen molar-refractivity contribution >= 4 is 0 Å². The Morgan fingerprint density at radius 1 is 0.542 bits per heavy atom. The Hall–Kier alpha value is -3.33. The van der Waals surface area contributed by atoms with E-state index in [9.17, 15) is 0 Å². The molecule has 0 spiro atoms. The summed E-state index contributed by atoms with van der Waals surface area (Å²) in [5, 5.41) is 0. The lowest BCUT2D eigenvalue weighted by atomic mass is 10.1. The lowest BCUT2D eigenvalue weighted by molar-refractivity contribution is 1.18. The Kier molecular flexibility index (Phi) is 3.82. The zero-order valence-corrected chi connectivity index (χ0v) is 13.0. The molecule has 24 heavy (non-hydrogen) atoms. The Bertz CT molecular complexity index is 797. The highest BCUT2D eigenvalue weighted by Crippen LogP contribution is 2.26. The smallest absolute Gasteiger partial charge is 0.160 e. The fourth-order valence-electron chi connectivity index (χ4n) is 2.58. The SMILES string of the molecule is c1ccc(-c2cc(-c3cccnc3)nc(-c3ccccc3)n2)cc1. The van der Waals surface area contributed by atoms with E-state index in [4.69, 9.17) is 9.97 Å². The van der Waals surface area contributed by atoms with Crippen molar-refractivity contribution in [2.24, 2.45) is 0 Å². The fraction of sp³-hybridized carbons (Fsp3) is 0. The zero-order chi connectivity index (χ0) is 16.2. The molecule has 0 unspecified atom stereocenters. The third-order valence-electron chi connectivity index (χ3n) is 3.78. The summed E-state index contributed by atoms with van der Waals surface area (Å²) in [4.78, 5) is 13.7. The summed E-state index contributed by atoms with van der Waals surface area (Å²) < 4.78 is 0. The van der Waals surface area contributed by atoms with Crippen LogP contribution in [0.5, 0.6) is 0 Å². The third-order valence-corrected chi connectivity index (χ3v) is 3.78. The van der Waals surface area contributed by atoms with Crippen LogP contribution in [0.3, 0.4) is 0 Å². The number of benzene rings is 2. The van der Waals surface area contributed by atoms with Crippen LogP contribution in [0.1, 0.15) is 0 Å². The lowest BCUT2D eigenvalue weighted by Crippen LogP contribution is -1.95. The minimum absolute atomic E-state index is 0.718. The quantitative estimate of drug-likeness (QED) is 0.542. The van der Waals surface area contributed by atoms with Crippen LogP contribution in [-0.2, 0) is 0 Å². The second kappa shape index (κ2) is 6.42. The predicted octanol–water partition coefficient (Wildman–Crippen LogP) is 4.87. The number of aromatic nitrogens is 3. The molecule has 0 radical (unpaired) electrons. The van der Waals surface area contributed by atoms with Crippen molar-refractivity contribution in [3.8, 4) is 33.9 Å². The summed E-state index contributed by atoms with van der Waals surface area (Å²) >= 11 is 0. The van der Waals surface area contributed by atoms with E-state index in [-0.39, 0.29) is 0 Å². The molecule has 0 aliphatic rings. The molecular weight excluding hydrogens is 294 g/mol. The van der Waals surface area contributed by atoms with Gasteiger partial charge in [0.05, 0.1) is 11.4 Å².